The van der Waals surface area contributed by atoms with Crippen LogP contribution >= 0.6 is 0 Å². The number of ether oxygens (including phenoxy) is 3. The Hall–Kier alpha value is -3.06. The Balaban J connectivity index is 1.64. The average molecular weight is 355 g/mol. The molecule has 1 atom stereocenters. The van der Waals surface area contributed by atoms with Gasteiger partial charge in [0.05, 0.1) is 13.5 Å². The number of methoxy groups -OCH3 is 1. The lowest BCUT2D eigenvalue weighted by Crippen LogP contribution is -2.36. The number of nitrogens with one attached hydrogen (secondary N) is 1. The fourth-order valence-corrected chi connectivity index (χ4v) is 3.18. The van der Waals surface area contributed by atoms with Crippen LogP contribution in [0.5, 0.6) is 17.2 Å². The van der Waals surface area contributed by atoms with Crippen LogP contribution < -0.4 is 19.5 Å². The van der Waals surface area contributed by atoms with E-state index in [0.29, 0.717) is 47.3 Å². The van der Waals surface area contributed by atoms with Gasteiger partial charge in [-0.25, -0.2) is 0 Å². The summed E-state index contributed by atoms with van der Waals surface area (Å²) >= 11 is 0. The van der Waals surface area contributed by atoms with Gasteiger partial charge in [0.15, 0.2) is 22.9 Å². The summed E-state index contributed by atoms with van der Waals surface area (Å²) in [4.78, 5) is 25.1. The van der Waals surface area contributed by atoms with Crippen molar-refractivity contribution in [2.45, 2.75) is 12.0 Å². The van der Waals surface area contributed by atoms with Crippen molar-refractivity contribution in [1.82, 2.24) is 0 Å². The molecule has 4 rings (SSSR count). The number of ketones is 1. The van der Waals surface area contributed by atoms with Crippen molar-refractivity contribution in [2.24, 2.45) is 0 Å². The van der Waals surface area contributed by atoms with Gasteiger partial charge in [-0.3, -0.25) is 9.59 Å². The zero-order valence-electron chi connectivity index (χ0n) is 14.1. The van der Waals surface area contributed by atoms with Crippen molar-refractivity contribution >= 4 is 17.4 Å². The van der Waals surface area contributed by atoms with Gasteiger partial charge in [0.2, 0.25) is 0 Å². The summed E-state index contributed by atoms with van der Waals surface area (Å²) in [6.45, 7) is 0.864. The monoisotopic (exact) mass is 355 g/mol. The molecule has 0 saturated heterocycles. The van der Waals surface area contributed by atoms with E-state index in [2.05, 4.69) is 5.32 Å². The third-order valence-corrected chi connectivity index (χ3v) is 4.58. The van der Waals surface area contributed by atoms with Crippen LogP contribution in [0.25, 0.3) is 0 Å². The molecule has 1 unspecified atom stereocenters. The number of fused-ring (bicyclic) bond motifs is 2. The van der Waals surface area contributed by atoms with Crippen LogP contribution in [0.4, 0.5) is 5.69 Å². The molecule has 0 saturated carbocycles. The van der Waals surface area contributed by atoms with Crippen LogP contribution in [0, 0.1) is 0 Å². The molecule has 0 spiro atoms. The highest BCUT2D eigenvalue weighted by Gasteiger charge is 2.47. The number of Topliss-reactive ketones (excluding diaryl/α,β-unsaturated/α-hetero) is 1. The molecule has 2 aliphatic heterocycles. The van der Waals surface area contributed by atoms with E-state index in [0.717, 1.165) is 0 Å². The SMILES string of the molecule is COc1ccc2c(c1)C(O)(CC(=O)c1ccc3c(c1)OCCO3)C(=O)N2. The van der Waals surface area contributed by atoms with Crippen LogP contribution in [0.2, 0.25) is 0 Å². The number of hydrogen-bond donors (Lipinski definition) is 2. The number of anilines is 1. The van der Waals surface area contributed by atoms with Gasteiger partial charge in [0.25, 0.3) is 5.91 Å². The van der Waals surface area contributed by atoms with Crippen molar-refractivity contribution in [3.05, 3.63) is 47.5 Å². The average Bonchev–Trinajstić information content (AvgIpc) is 2.91. The maximum Gasteiger partial charge on any atom is 0.261 e. The molecule has 0 bridgehead atoms. The minimum atomic E-state index is -1.95. The van der Waals surface area contributed by atoms with Gasteiger partial charge in [-0.2, -0.15) is 0 Å². The smallest absolute Gasteiger partial charge is 0.261 e. The molecule has 7 nitrogen and oxygen atoms in total. The molecular weight excluding hydrogens is 338 g/mol. The Morgan fingerprint density at radius 3 is 2.73 bits per heavy atom. The molecule has 1 amide bonds. The van der Waals surface area contributed by atoms with Gasteiger partial charge in [-0.05, 0) is 36.4 Å². The van der Waals surface area contributed by atoms with Crippen molar-refractivity contribution in [3.8, 4) is 17.2 Å². The molecule has 0 aromatic heterocycles. The predicted octanol–water partition coefficient (Wildman–Crippen LogP) is 1.88. The zero-order valence-corrected chi connectivity index (χ0v) is 14.1. The summed E-state index contributed by atoms with van der Waals surface area (Å²) in [6.07, 6.45) is -0.390. The number of carbonyl (C=O) groups excluding carboxylic acids is 2. The number of rotatable bonds is 4. The first kappa shape index (κ1) is 16.4. The first-order valence-corrected chi connectivity index (χ1v) is 8.16. The highest BCUT2D eigenvalue weighted by molar-refractivity contribution is 6.09. The Morgan fingerprint density at radius 1 is 1.19 bits per heavy atom. The molecule has 7 heteroatoms. The van der Waals surface area contributed by atoms with Gasteiger partial charge in [-0.15, -0.1) is 0 Å². The fraction of sp³-hybridized carbons (Fsp3) is 0.263. The van der Waals surface area contributed by atoms with E-state index in [-0.39, 0.29) is 5.78 Å². The van der Waals surface area contributed by atoms with Crippen molar-refractivity contribution in [1.29, 1.82) is 0 Å². The standard InChI is InChI=1S/C19H17NO6/c1-24-12-3-4-14-13(9-12)19(23,18(22)20-14)10-15(21)11-2-5-16-17(8-11)26-7-6-25-16/h2-5,8-9,23H,6-7,10H2,1H3,(H,20,22). The first-order valence-electron chi connectivity index (χ1n) is 8.16. The molecule has 2 N–H and O–H groups in total. The molecule has 26 heavy (non-hydrogen) atoms. The molecule has 0 fully saturated rings. The second kappa shape index (κ2) is 6.03. The first-order chi connectivity index (χ1) is 12.5. The minimum absolute atomic E-state index is 0.327. The number of hydrogen-bond acceptors (Lipinski definition) is 6. The Kier molecular flexibility index (Phi) is 3.81. The quantitative estimate of drug-likeness (QED) is 0.814. The fourth-order valence-electron chi connectivity index (χ4n) is 3.18. The van der Waals surface area contributed by atoms with E-state index in [1.54, 1.807) is 36.4 Å². The number of benzene rings is 2. The van der Waals surface area contributed by atoms with Gasteiger partial charge < -0.3 is 24.6 Å². The lowest BCUT2D eigenvalue weighted by Gasteiger charge is -2.21. The normalized spacial score (nSPS) is 20.3. The summed E-state index contributed by atoms with van der Waals surface area (Å²) in [7, 11) is 1.49. The van der Waals surface area contributed by atoms with Crippen LogP contribution in [0.15, 0.2) is 36.4 Å². The summed E-state index contributed by atoms with van der Waals surface area (Å²) in [6, 6.07) is 9.69. The summed E-state index contributed by atoms with van der Waals surface area (Å²) in [5, 5.41) is 13.6. The number of amides is 1. The van der Waals surface area contributed by atoms with E-state index in [9.17, 15) is 14.7 Å². The zero-order chi connectivity index (χ0) is 18.3. The largest absolute Gasteiger partial charge is 0.497 e. The molecule has 2 heterocycles. The molecule has 2 aliphatic rings. The van der Waals surface area contributed by atoms with E-state index >= 15 is 0 Å². The number of carbonyl (C=O) groups is 2. The molecule has 0 radical (unpaired) electrons. The molecule has 0 aliphatic carbocycles. The molecule has 134 valence electrons. The van der Waals surface area contributed by atoms with Crippen LogP contribution in [0.1, 0.15) is 22.3 Å². The van der Waals surface area contributed by atoms with Crippen LogP contribution in [0.3, 0.4) is 0 Å². The highest BCUT2D eigenvalue weighted by atomic mass is 16.6. The third-order valence-electron chi connectivity index (χ3n) is 4.58. The second-order valence-electron chi connectivity index (χ2n) is 6.18. The van der Waals surface area contributed by atoms with E-state index < -0.39 is 17.9 Å². The van der Waals surface area contributed by atoms with Gasteiger partial charge >= 0.3 is 0 Å². The molecule has 2 aromatic rings. The van der Waals surface area contributed by atoms with Crippen molar-refractivity contribution in [2.75, 3.05) is 25.6 Å². The van der Waals surface area contributed by atoms with Crippen molar-refractivity contribution in [3.63, 3.8) is 0 Å². The van der Waals surface area contributed by atoms with E-state index in [1.165, 1.54) is 7.11 Å². The third kappa shape index (κ3) is 2.57. The van der Waals surface area contributed by atoms with E-state index in [1.807, 2.05) is 0 Å². The summed E-state index contributed by atoms with van der Waals surface area (Å²) in [5.74, 6) is 0.527. The summed E-state index contributed by atoms with van der Waals surface area (Å²) < 4.78 is 16.1. The highest BCUT2D eigenvalue weighted by Crippen LogP contribution is 2.41. The second-order valence-corrected chi connectivity index (χ2v) is 6.18. The van der Waals surface area contributed by atoms with Gasteiger partial charge in [-0.1, -0.05) is 0 Å². The lowest BCUT2D eigenvalue weighted by molar-refractivity contribution is -0.133. The van der Waals surface area contributed by atoms with E-state index in [4.69, 9.17) is 14.2 Å². The number of aliphatic hydroxyl groups is 1. The molecule has 2 aromatic carbocycles. The van der Waals surface area contributed by atoms with Crippen molar-refractivity contribution < 1.29 is 28.9 Å². The minimum Gasteiger partial charge on any atom is -0.497 e. The lowest BCUT2D eigenvalue weighted by atomic mass is 9.88. The molecular formula is C19H17NO6. The summed E-state index contributed by atoms with van der Waals surface area (Å²) in [5.41, 5.74) is -0.818. The van der Waals surface area contributed by atoms with Gasteiger partial charge in [0, 0.05) is 16.8 Å². The Labute approximate surface area is 149 Å². The topological polar surface area (TPSA) is 94.1 Å². The maximum absolute atomic E-state index is 12.7. The van der Waals surface area contributed by atoms with Gasteiger partial charge in [0.1, 0.15) is 19.0 Å². The Morgan fingerprint density at radius 2 is 1.96 bits per heavy atom. The maximum atomic E-state index is 12.7. The van der Waals surface area contributed by atoms with Crippen LogP contribution in [-0.4, -0.2) is 37.1 Å². The Bertz CT molecular complexity index is 909. The van der Waals surface area contributed by atoms with Crippen LogP contribution in [-0.2, 0) is 10.4 Å². The predicted molar refractivity (Wildman–Crippen MR) is 91.9 cm³/mol.